The molecule has 2 saturated heterocycles. The van der Waals surface area contributed by atoms with Gasteiger partial charge in [0.25, 0.3) is 0 Å². The van der Waals surface area contributed by atoms with Crippen molar-refractivity contribution in [2.75, 3.05) is 19.7 Å². The minimum absolute atomic E-state index is 0.119. The maximum atomic E-state index is 12.4. The van der Waals surface area contributed by atoms with Crippen molar-refractivity contribution >= 4 is 11.9 Å². The van der Waals surface area contributed by atoms with Gasteiger partial charge >= 0.3 is 11.9 Å². The molecule has 0 radical (unpaired) electrons. The Labute approximate surface area is 160 Å². The van der Waals surface area contributed by atoms with Crippen molar-refractivity contribution in [1.82, 2.24) is 4.90 Å². The van der Waals surface area contributed by atoms with Crippen LogP contribution < -0.4 is 0 Å². The molecule has 0 aliphatic carbocycles. The molecule has 0 aromatic heterocycles. The first-order chi connectivity index (χ1) is 13.0. The number of hydrogen-bond donors (Lipinski definition) is 0. The van der Waals surface area contributed by atoms with Crippen LogP contribution in [0.1, 0.15) is 50.2 Å². The summed E-state index contributed by atoms with van der Waals surface area (Å²) in [5.74, 6) is -0.950. The molecule has 27 heavy (non-hydrogen) atoms. The Hall–Kier alpha value is -2.39. The lowest BCUT2D eigenvalue weighted by atomic mass is 9.80. The zero-order valence-electron chi connectivity index (χ0n) is 15.8. The van der Waals surface area contributed by atoms with Gasteiger partial charge in [0.05, 0.1) is 30.6 Å². The molecule has 1 aromatic carbocycles. The molecule has 2 fully saturated rings. The predicted octanol–water partition coefficient (Wildman–Crippen LogP) is 2.80. The smallest absolute Gasteiger partial charge is 0.310 e. The minimum atomic E-state index is -0.372. The van der Waals surface area contributed by atoms with Crippen LogP contribution in [0.15, 0.2) is 24.3 Å². The van der Waals surface area contributed by atoms with E-state index in [4.69, 9.17) is 14.7 Å². The second-order valence-corrected chi connectivity index (χ2v) is 7.43. The number of esters is 2. The molecule has 0 bridgehead atoms. The number of hydrogen-bond acceptors (Lipinski definition) is 6. The van der Waals surface area contributed by atoms with E-state index < -0.39 is 0 Å². The maximum absolute atomic E-state index is 12.4. The quantitative estimate of drug-likeness (QED) is 0.742. The number of carbonyl (C=O) groups excluding carboxylic acids is 2. The van der Waals surface area contributed by atoms with Gasteiger partial charge < -0.3 is 9.47 Å². The Kier molecular flexibility index (Phi) is 6.12. The second kappa shape index (κ2) is 8.53. The Bertz CT molecular complexity index is 715. The number of rotatable bonds is 5. The molecule has 0 amide bonds. The van der Waals surface area contributed by atoms with Crippen LogP contribution in [-0.2, 0) is 25.6 Å². The third-order valence-electron chi connectivity index (χ3n) is 5.57. The highest BCUT2D eigenvalue weighted by atomic mass is 16.6. The first-order valence-corrected chi connectivity index (χ1v) is 9.63. The Morgan fingerprint density at radius 2 is 2.00 bits per heavy atom. The van der Waals surface area contributed by atoms with Gasteiger partial charge in [-0.05, 0) is 50.3 Å². The van der Waals surface area contributed by atoms with Crippen LogP contribution in [-0.4, -0.2) is 42.1 Å². The van der Waals surface area contributed by atoms with Gasteiger partial charge in [-0.3, -0.25) is 14.5 Å². The molecule has 1 atom stereocenters. The monoisotopic (exact) mass is 370 g/mol. The lowest BCUT2D eigenvalue weighted by molar-refractivity contribution is -0.183. The van der Waals surface area contributed by atoms with Crippen molar-refractivity contribution in [3.05, 3.63) is 35.4 Å². The van der Waals surface area contributed by atoms with Crippen LogP contribution in [0.3, 0.4) is 0 Å². The van der Waals surface area contributed by atoms with E-state index in [9.17, 15) is 9.59 Å². The molecule has 144 valence electrons. The second-order valence-electron chi connectivity index (χ2n) is 7.43. The van der Waals surface area contributed by atoms with Crippen LogP contribution in [0.4, 0.5) is 0 Å². The van der Waals surface area contributed by atoms with Crippen LogP contribution in [0.2, 0.25) is 0 Å². The summed E-state index contributed by atoms with van der Waals surface area (Å²) in [7, 11) is 0. The van der Waals surface area contributed by atoms with Gasteiger partial charge in [-0.1, -0.05) is 12.1 Å². The maximum Gasteiger partial charge on any atom is 0.310 e. The number of piperidine rings is 1. The number of carbonyl (C=O) groups is 2. The van der Waals surface area contributed by atoms with E-state index in [0.29, 0.717) is 18.6 Å². The standard InChI is InChI=1S/C21H26N2O4/c1-2-26-19(24)13-18-7-8-21(27-20(18)25)9-11-23(12-10-21)15-17-5-3-16(14-22)4-6-17/h3-6,18H,2,7-13,15H2,1H3. The first-order valence-electron chi connectivity index (χ1n) is 9.63. The van der Waals surface area contributed by atoms with Gasteiger partial charge in [-0.25, -0.2) is 0 Å². The summed E-state index contributed by atoms with van der Waals surface area (Å²) in [4.78, 5) is 26.3. The van der Waals surface area contributed by atoms with Gasteiger partial charge in [0.1, 0.15) is 5.60 Å². The van der Waals surface area contributed by atoms with Crippen LogP contribution >= 0.6 is 0 Å². The third kappa shape index (κ3) is 4.86. The Balaban J connectivity index is 1.49. The zero-order chi connectivity index (χ0) is 19.3. The largest absolute Gasteiger partial charge is 0.466 e. The molecule has 0 saturated carbocycles. The van der Waals surface area contributed by atoms with E-state index in [2.05, 4.69) is 11.0 Å². The van der Waals surface area contributed by atoms with Crippen molar-refractivity contribution in [2.24, 2.45) is 5.92 Å². The molecule has 1 aromatic rings. The van der Waals surface area contributed by atoms with Crippen molar-refractivity contribution in [3.8, 4) is 6.07 Å². The van der Waals surface area contributed by atoms with Gasteiger partial charge in [-0.15, -0.1) is 0 Å². The average molecular weight is 370 g/mol. The molecule has 3 rings (SSSR count). The lowest BCUT2D eigenvalue weighted by Crippen LogP contribution is -2.50. The van der Waals surface area contributed by atoms with Gasteiger partial charge in [0.2, 0.25) is 0 Å². The van der Waals surface area contributed by atoms with E-state index in [-0.39, 0.29) is 29.9 Å². The topological polar surface area (TPSA) is 79.6 Å². The van der Waals surface area contributed by atoms with E-state index in [1.54, 1.807) is 6.92 Å². The predicted molar refractivity (Wildman–Crippen MR) is 98.5 cm³/mol. The van der Waals surface area contributed by atoms with Crippen LogP contribution in [0.5, 0.6) is 0 Å². The molecular formula is C21H26N2O4. The van der Waals surface area contributed by atoms with E-state index in [1.165, 1.54) is 5.56 Å². The van der Waals surface area contributed by atoms with Crippen molar-refractivity contribution < 1.29 is 19.1 Å². The lowest BCUT2D eigenvalue weighted by Gasteiger charge is -2.44. The van der Waals surface area contributed by atoms with Crippen molar-refractivity contribution in [3.63, 3.8) is 0 Å². The molecule has 6 heteroatoms. The summed E-state index contributed by atoms with van der Waals surface area (Å²) >= 11 is 0. The summed E-state index contributed by atoms with van der Waals surface area (Å²) in [6.45, 7) is 4.67. The summed E-state index contributed by atoms with van der Waals surface area (Å²) in [6.07, 6.45) is 3.26. The number of likely N-dealkylation sites (tertiary alicyclic amines) is 1. The number of nitriles is 1. The fourth-order valence-electron chi connectivity index (χ4n) is 3.92. The third-order valence-corrected chi connectivity index (χ3v) is 5.57. The van der Waals surface area contributed by atoms with Gasteiger partial charge in [-0.2, -0.15) is 5.26 Å². The molecule has 1 unspecified atom stereocenters. The Morgan fingerprint density at radius 3 is 2.59 bits per heavy atom. The minimum Gasteiger partial charge on any atom is -0.466 e. The average Bonchev–Trinajstić information content (AvgIpc) is 2.67. The fourth-order valence-corrected chi connectivity index (χ4v) is 3.92. The molecule has 6 nitrogen and oxygen atoms in total. The highest BCUT2D eigenvalue weighted by Crippen LogP contribution is 2.38. The normalized spacial score (nSPS) is 22.1. The number of nitrogens with zero attached hydrogens (tertiary/aromatic N) is 2. The molecule has 2 aliphatic rings. The van der Waals surface area contributed by atoms with Crippen molar-refractivity contribution in [1.29, 1.82) is 5.26 Å². The first kappa shape index (κ1) is 19.4. The van der Waals surface area contributed by atoms with E-state index >= 15 is 0 Å². The summed E-state index contributed by atoms with van der Waals surface area (Å²) in [6, 6.07) is 9.79. The van der Waals surface area contributed by atoms with E-state index in [1.807, 2.05) is 24.3 Å². The zero-order valence-corrected chi connectivity index (χ0v) is 15.8. The number of benzene rings is 1. The highest BCUT2D eigenvalue weighted by molar-refractivity contribution is 5.80. The molecule has 1 spiro atoms. The SMILES string of the molecule is CCOC(=O)CC1CCC2(CCN(Cc3ccc(C#N)cc3)CC2)OC1=O. The molecular weight excluding hydrogens is 344 g/mol. The van der Waals surface area contributed by atoms with Gasteiger partial charge in [0, 0.05) is 19.6 Å². The Morgan fingerprint density at radius 1 is 1.30 bits per heavy atom. The van der Waals surface area contributed by atoms with Crippen LogP contribution in [0, 0.1) is 17.2 Å². The molecule has 2 aliphatic heterocycles. The summed E-state index contributed by atoms with van der Waals surface area (Å²) < 4.78 is 10.8. The fraction of sp³-hybridized carbons (Fsp3) is 0.571. The van der Waals surface area contributed by atoms with E-state index in [0.717, 1.165) is 38.9 Å². The highest BCUT2D eigenvalue weighted by Gasteiger charge is 2.44. The number of ether oxygens (including phenoxy) is 2. The summed E-state index contributed by atoms with van der Waals surface area (Å²) in [5, 5.41) is 8.88. The van der Waals surface area contributed by atoms with Gasteiger partial charge in [0.15, 0.2) is 0 Å². The molecule has 0 N–H and O–H groups in total. The van der Waals surface area contributed by atoms with Crippen molar-refractivity contribution in [2.45, 2.75) is 51.2 Å². The summed E-state index contributed by atoms with van der Waals surface area (Å²) in [5.41, 5.74) is 1.48. The molecule has 2 heterocycles. The van der Waals surface area contributed by atoms with Crippen LogP contribution in [0.25, 0.3) is 0 Å².